The van der Waals surface area contributed by atoms with Crippen LogP contribution < -0.4 is 20.1 Å². The molecule has 4 rings (SSSR count). The molecule has 0 aromatic heterocycles. The molecular weight excluding hydrogens is 507 g/mol. The summed E-state index contributed by atoms with van der Waals surface area (Å²) in [7, 11) is 1.67. The first-order chi connectivity index (χ1) is 18.8. The lowest BCUT2D eigenvalue weighted by atomic mass is 10.1. The fraction of sp³-hybridized carbons (Fsp3) is 0.429. The van der Waals surface area contributed by atoms with Crippen molar-refractivity contribution >= 4 is 23.6 Å². The summed E-state index contributed by atoms with van der Waals surface area (Å²) in [5.41, 5.74) is 0.241. The molecule has 1 fully saturated rings. The maximum Gasteiger partial charge on any atom is 0.255 e. The number of benzene rings is 2. The topological polar surface area (TPSA) is 117 Å². The summed E-state index contributed by atoms with van der Waals surface area (Å²) in [6.45, 7) is 1.17. The summed E-state index contributed by atoms with van der Waals surface area (Å²) in [6.07, 6.45) is 1.32. The smallest absolute Gasteiger partial charge is 0.255 e. The number of carbonyl (C=O) groups excluding carboxylic acids is 4. The molecule has 2 N–H and O–H groups in total. The normalized spacial score (nSPS) is 20.6. The van der Waals surface area contributed by atoms with Gasteiger partial charge in [0.15, 0.2) is 0 Å². The van der Waals surface area contributed by atoms with Crippen LogP contribution in [-0.4, -0.2) is 85.4 Å². The molecule has 0 bridgehead atoms. The maximum atomic E-state index is 13.2. The third-order valence-corrected chi connectivity index (χ3v) is 6.80. The zero-order chi connectivity index (χ0) is 27.8. The molecule has 0 radical (unpaired) electrons. The molecule has 4 amide bonds. The van der Waals surface area contributed by atoms with Gasteiger partial charge in [0.25, 0.3) is 5.91 Å². The predicted octanol–water partition coefficient (Wildman–Crippen LogP) is 1.74. The first kappa shape index (κ1) is 27.9. The second kappa shape index (κ2) is 13.1. The van der Waals surface area contributed by atoms with Gasteiger partial charge in [-0.05, 0) is 55.7 Å². The van der Waals surface area contributed by atoms with Crippen molar-refractivity contribution in [2.75, 3.05) is 39.9 Å². The van der Waals surface area contributed by atoms with Gasteiger partial charge in [-0.15, -0.1) is 0 Å². The molecule has 1 saturated heterocycles. The van der Waals surface area contributed by atoms with E-state index in [1.54, 1.807) is 41.1 Å². The van der Waals surface area contributed by atoms with Crippen LogP contribution in [0, 0.1) is 5.82 Å². The van der Waals surface area contributed by atoms with Crippen LogP contribution in [0.1, 0.15) is 36.0 Å². The SMILES string of the molecule is CN1CCOc2ccccc2C(=O)N[C@H](C(=O)NCCOc2ccc(F)cc2)CCC(=O)N2CCC[C@@H]2C1=O. The second-order valence-electron chi connectivity index (χ2n) is 9.51. The molecule has 0 aliphatic carbocycles. The third kappa shape index (κ3) is 7.24. The minimum absolute atomic E-state index is 0.0178. The van der Waals surface area contributed by atoms with Gasteiger partial charge < -0.3 is 29.9 Å². The Morgan fingerprint density at radius 1 is 1.10 bits per heavy atom. The highest BCUT2D eigenvalue weighted by Crippen LogP contribution is 2.22. The number of hydrogen-bond acceptors (Lipinski definition) is 6. The monoisotopic (exact) mass is 540 g/mol. The first-order valence-electron chi connectivity index (χ1n) is 13.1. The van der Waals surface area contributed by atoms with Crippen LogP contribution in [0.25, 0.3) is 0 Å². The summed E-state index contributed by atoms with van der Waals surface area (Å²) in [5, 5.41) is 5.47. The summed E-state index contributed by atoms with van der Waals surface area (Å²) < 4.78 is 24.4. The van der Waals surface area contributed by atoms with Crippen molar-refractivity contribution in [2.24, 2.45) is 0 Å². The molecule has 0 unspecified atom stereocenters. The van der Waals surface area contributed by atoms with E-state index in [1.807, 2.05) is 0 Å². The van der Waals surface area contributed by atoms with Crippen LogP contribution in [0.3, 0.4) is 0 Å². The zero-order valence-electron chi connectivity index (χ0n) is 21.9. The molecule has 2 aromatic rings. The molecule has 2 aliphatic rings. The Labute approximate surface area is 226 Å². The Morgan fingerprint density at radius 2 is 1.87 bits per heavy atom. The molecule has 2 heterocycles. The third-order valence-electron chi connectivity index (χ3n) is 6.80. The summed E-state index contributed by atoms with van der Waals surface area (Å²) >= 11 is 0. The lowest BCUT2D eigenvalue weighted by Gasteiger charge is -2.28. The number of nitrogens with zero attached hydrogens (tertiary/aromatic N) is 2. The highest BCUT2D eigenvalue weighted by molar-refractivity contribution is 5.99. The Kier molecular flexibility index (Phi) is 9.35. The van der Waals surface area contributed by atoms with Crippen molar-refractivity contribution < 1.29 is 33.0 Å². The molecule has 39 heavy (non-hydrogen) atoms. The molecule has 11 heteroatoms. The van der Waals surface area contributed by atoms with Crippen LogP contribution in [0.15, 0.2) is 48.5 Å². The van der Waals surface area contributed by atoms with Gasteiger partial charge in [0, 0.05) is 20.0 Å². The largest absolute Gasteiger partial charge is 0.492 e. The van der Waals surface area contributed by atoms with Crippen LogP contribution in [0.5, 0.6) is 11.5 Å². The maximum absolute atomic E-state index is 13.2. The molecule has 208 valence electrons. The Bertz CT molecular complexity index is 1190. The van der Waals surface area contributed by atoms with Crippen LogP contribution in [-0.2, 0) is 14.4 Å². The van der Waals surface area contributed by atoms with Crippen molar-refractivity contribution in [1.82, 2.24) is 20.4 Å². The lowest BCUT2D eigenvalue weighted by Crippen LogP contribution is -2.49. The number of halogens is 1. The van der Waals surface area contributed by atoms with E-state index in [-0.39, 0.29) is 55.8 Å². The van der Waals surface area contributed by atoms with E-state index in [2.05, 4.69) is 10.6 Å². The number of amides is 4. The molecule has 2 aliphatic heterocycles. The first-order valence-corrected chi connectivity index (χ1v) is 13.1. The number of fused-ring (bicyclic) bond motifs is 2. The number of likely N-dealkylation sites (N-methyl/N-ethyl adjacent to an activating group) is 1. The summed E-state index contributed by atoms with van der Waals surface area (Å²) in [6, 6.07) is 10.6. The molecule has 2 atom stereocenters. The molecule has 0 saturated carbocycles. The Balaban J connectivity index is 1.47. The standard InChI is InChI=1S/C28H33FN4O6/c1-32-16-18-39-24-7-3-2-5-21(24)26(35)31-22(12-13-25(34)33-15-4-6-23(33)28(32)37)27(36)30-14-17-38-20-10-8-19(29)9-11-20/h2-3,5,7-11,22-23H,4,6,12-18H2,1H3,(H,30,36)(H,31,35)/t22-,23+/m0/s1. The van der Waals surface area contributed by atoms with Gasteiger partial charge in [0.2, 0.25) is 17.7 Å². The summed E-state index contributed by atoms with van der Waals surface area (Å²) in [5.74, 6) is -0.982. The predicted molar refractivity (Wildman–Crippen MR) is 140 cm³/mol. The lowest BCUT2D eigenvalue weighted by molar-refractivity contribution is -0.143. The number of rotatable bonds is 5. The average molecular weight is 541 g/mol. The number of ether oxygens (including phenoxy) is 2. The van der Waals surface area contributed by atoms with Gasteiger partial charge in [0.1, 0.15) is 42.6 Å². The molecule has 2 aromatic carbocycles. The van der Waals surface area contributed by atoms with Gasteiger partial charge in [-0.25, -0.2) is 4.39 Å². The van der Waals surface area contributed by atoms with E-state index >= 15 is 0 Å². The highest BCUT2D eigenvalue weighted by Gasteiger charge is 2.36. The van der Waals surface area contributed by atoms with Gasteiger partial charge in [-0.3, -0.25) is 19.2 Å². The molecular formula is C28H33FN4O6. The minimum Gasteiger partial charge on any atom is -0.492 e. The van der Waals surface area contributed by atoms with E-state index in [9.17, 15) is 23.6 Å². The minimum atomic E-state index is -1.01. The van der Waals surface area contributed by atoms with Crippen molar-refractivity contribution in [3.8, 4) is 11.5 Å². The number of para-hydroxylation sites is 1. The van der Waals surface area contributed by atoms with Gasteiger partial charge in [-0.2, -0.15) is 0 Å². The average Bonchev–Trinajstić information content (AvgIpc) is 3.43. The van der Waals surface area contributed by atoms with Crippen LogP contribution in [0.2, 0.25) is 0 Å². The van der Waals surface area contributed by atoms with Crippen LogP contribution >= 0.6 is 0 Å². The van der Waals surface area contributed by atoms with Gasteiger partial charge in [0.05, 0.1) is 18.7 Å². The highest BCUT2D eigenvalue weighted by atomic mass is 19.1. The summed E-state index contributed by atoms with van der Waals surface area (Å²) in [4.78, 5) is 55.6. The number of hydrogen-bond donors (Lipinski definition) is 2. The quantitative estimate of drug-likeness (QED) is 0.558. The van der Waals surface area contributed by atoms with E-state index in [0.717, 1.165) is 0 Å². The molecule has 0 spiro atoms. The second-order valence-corrected chi connectivity index (χ2v) is 9.51. The Morgan fingerprint density at radius 3 is 2.67 bits per heavy atom. The van der Waals surface area contributed by atoms with E-state index in [4.69, 9.17) is 9.47 Å². The molecule has 10 nitrogen and oxygen atoms in total. The zero-order valence-corrected chi connectivity index (χ0v) is 21.9. The number of carbonyl (C=O) groups is 4. The fourth-order valence-electron chi connectivity index (χ4n) is 4.67. The Hall–Kier alpha value is -4.15. The van der Waals surface area contributed by atoms with Crippen molar-refractivity contribution in [1.29, 1.82) is 0 Å². The van der Waals surface area contributed by atoms with Gasteiger partial charge >= 0.3 is 0 Å². The van der Waals surface area contributed by atoms with E-state index in [0.29, 0.717) is 37.4 Å². The fourth-order valence-corrected chi connectivity index (χ4v) is 4.67. The van der Waals surface area contributed by atoms with Crippen molar-refractivity contribution in [2.45, 2.75) is 37.8 Å². The van der Waals surface area contributed by atoms with E-state index < -0.39 is 23.9 Å². The van der Waals surface area contributed by atoms with Crippen molar-refractivity contribution in [3.63, 3.8) is 0 Å². The van der Waals surface area contributed by atoms with Crippen LogP contribution in [0.4, 0.5) is 4.39 Å². The van der Waals surface area contributed by atoms with Gasteiger partial charge in [-0.1, -0.05) is 12.1 Å². The van der Waals surface area contributed by atoms with E-state index in [1.165, 1.54) is 24.3 Å². The van der Waals surface area contributed by atoms with Crippen molar-refractivity contribution in [3.05, 3.63) is 59.9 Å². The number of nitrogens with one attached hydrogen (secondary N) is 2.